The van der Waals surface area contributed by atoms with Crippen LogP contribution >= 0.6 is 0 Å². The third-order valence-corrected chi connectivity index (χ3v) is 2.85. The van der Waals surface area contributed by atoms with Crippen molar-refractivity contribution in [2.45, 2.75) is 20.0 Å². The van der Waals surface area contributed by atoms with E-state index in [0.717, 1.165) is 0 Å². The molecule has 0 spiro atoms. The Morgan fingerprint density at radius 2 is 1.77 bits per heavy atom. The number of hydrogen-bond donors (Lipinski definition) is 0. The van der Waals surface area contributed by atoms with E-state index < -0.39 is 0 Å². The van der Waals surface area contributed by atoms with Crippen LogP contribution in [0.15, 0.2) is 0 Å². The molecule has 72 valence electrons. The molecule has 0 aliphatic carbocycles. The van der Waals surface area contributed by atoms with Crippen LogP contribution < -0.4 is 0 Å². The molecular formula is C9H13NO3. The van der Waals surface area contributed by atoms with Crippen LogP contribution in [-0.2, 0) is 14.3 Å². The number of ether oxygens (including phenoxy) is 1. The monoisotopic (exact) mass is 183 g/mol. The van der Waals surface area contributed by atoms with Crippen molar-refractivity contribution >= 4 is 11.8 Å². The molecule has 0 radical (unpaired) electrons. The molecule has 2 unspecified atom stereocenters. The normalized spacial score (nSPS) is 38.6. The highest BCUT2D eigenvalue weighted by molar-refractivity contribution is 6.04. The van der Waals surface area contributed by atoms with Crippen LogP contribution in [0.1, 0.15) is 13.8 Å². The van der Waals surface area contributed by atoms with Gasteiger partial charge in [-0.05, 0) is 0 Å². The Bertz CT molecular complexity index is 240. The van der Waals surface area contributed by atoms with Gasteiger partial charge in [-0.15, -0.1) is 0 Å². The van der Waals surface area contributed by atoms with Crippen LogP contribution in [0.4, 0.5) is 0 Å². The summed E-state index contributed by atoms with van der Waals surface area (Å²) in [6.45, 7) is 4.74. The van der Waals surface area contributed by atoms with Crippen LogP contribution in [0.2, 0.25) is 0 Å². The minimum absolute atomic E-state index is 0.0481. The number of rotatable bonds is 2. The summed E-state index contributed by atoms with van der Waals surface area (Å²) < 4.78 is 4.99. The highest BCUT2D eigenvalue weighted by atomic mass is 16.6. The van der Waals surface area contributed by atoms with Gasteiger partial charge in [0.1, 0.15) is 0 Å². The summed E-state index contributed by atoms with van der Waals surface area (Å²) in [5.41, 5.74) is 0. The second-order valence-electron chi connectivity index (χ2n) is 3.82. The Kier molecular flexibility index (Phi) is 1.87. The van der Waals surface area contributed by atoms with Gasteiger partial charge in [-0.1, -0.05) is 13.8 Å². The summed E-state index contributed by atoms with van der Waals surface area (Å²) in [6, 6.07) is 0. The number of nitrogens with zero attached hydrogens (tertiary/aromatic N) is 1. The Morgan fingerprint density at radius 3 is 2.15 bits per heavy atom. The first-order valence-electron chi connectivity index (χ1n) is 4.58. The fraction of sp³-hybridized carbons (Fsp3) is 0.778. The fourth-order valence-corrected chi connectivity index (χ4v) is 1.58. The third kappa shape index (κ3) is 1.35. The van der Waals surface area contributed by atoms with Crippen LogP contribution in [0.3, 0.4) is 0 Å². The van der Waals surface area contributed by atoms with Crippen molar-refractivity contribution in [2.75, 3.05) is 13.2 Å². The lowest BCUT2D eigenvalue weighted by atomic mass is 10.00. The molecule has 0 aromatic heterocycles. The zero-order valence-electron chi connectivity index (χ0n) is 7.82. The second kappa shape index (κ2) is 2.80. The minimum Gasteiger partial charge on any atom is -0.371 e. The molecule has 4 nitrogen and oxygen atoms in total. The number of hydrogen-bond acceptors (Lipinski definition) is 3. The minimum atomic E-state index is -0.161. The summed E-state index contributed by atoms with van der Waals surface area (Å²) in [5, 5.41) is 0. The number of carbonyl (C=O) groups excluding carboxylic acids is 2. The van der Waals surface area contributed by atoms with Crippen molar-refractivity contribution in [3.05, 3.63) is 0 Å². The van der Waals surface area contributed by atoms with Crippen LogP contribution in [0, 0.1) is 11.8 Å². The lowest BCUT2D eigenvalue weighted by molar-refractivity contribution is -0.140. The average molecular weight is 183 g/mol. The molecule has 3 atom stereocenters. The zero-order chi connectivity index (χ0) is 9.59. The van der Waals surface area contributed by atoms with Gasteiger partial charge in [0.05, 0.1) is 19.3 Å². The van der Waals surface area contributed by atoms with Crippen molar-refractivity contribution in [3.63, 3.8) is 0 Å². The van der Waals surface area contributed by atoms with Crippen molar-refractivity contribution in [2.24, 2.45) is 11.8 Å². The first-order valence-corrected chi connectivity index (χ1v) is 4.58. The van der Waals surface area contributed by atoms with Gasteiger partial charge < -0.3 is 4.74 Å². The van der Waals surface area contributed by atoms with E-state index in [4.69, 9.17) is 4.74 Å². The Hall–Kier alpha value is -0.900. The van der Waals surface area contributed by atoms with E-state index in [9.17, 15) is 9.59 Å². The molecule has 2 amide bonds. The van der Waals surface area contributed by atoms with Gasteiger partial charge >= 0.3 is 0 Å². The van der Waals surface area contributed by atoms with Crippen molar-refractivity contribution in [1.82, 2.24) is 4.90 Å². The predicted molar refractivity (Wildman–Crippen MR) is 44.8 cm³/mol. The van der Waals surface area contributed by atoms with Gasteiger partial charge in [-0.3, -0.25) is 14.5 Å². The second-order valence-corrected chi connectivity index (χ2v) is 3.82. The highest BCUT2D eigenvalue weighted by Crippen LogP contribution is 2.26. The van der Waals surface area contributed by atoms with Gasteiger partial charge in [-0.25, -0.2) is 0 Å². The van der Waals surface area contributed by atoms with E-state index in [-0.39, 0.29) is 29.8 Å². The molecule has 2 saturated heterocycles. The molecule has 2 fully saturated rings. The summed E-state index contributed by atoms with van der Waals surface area (Å²) >= 11 is 0. The van der Waals surface area contributed by atoms with Crippen molar-refractivity contribution in [1.29, 1.82) is 0 Å². The molecule has 4 heteroatoms. The quantitative estimate of drug-likeness (QED) is 0.448. The molecule has 2 aliphatic heterocycles. The van der Waals surface area contributed by atoms with E-state index in [1.165, 1.54) is 4.90 Å². The van der Waals surface area contributed by atoms with E-state index in [1.807, 2.05) is 0 Å². The lowest BCUT2D eigenvalue weighted by Crippen LogP contribution is -2.34. The number of epoxide rings is 1. The topological polar surface area (TPSA) is 49.9 Å². The van der Waals surface area contributed by atoms with Gasteiger partial charge in [-0.2, -0.15) is 0 Å². The predicted octanol–water partition coefficient (Wildman–Crippen LogP) is 0.0262. The first-order chi connectivity index (χ1) is 6.11. The third-order valence-electron chi connectivity index (χ3n) is 2.85. The van der Waals surface area contributed by atoms with Gasteiger partial charge in [0.2, 0.25) is 11.8 Å². The van der Waals surface area contributed by atoms with Crippen LogP contribution in [-0.4, -0.2) is 36.0 Å². The Morgan fingerprint density at radius 1 is 1.31 bits per heavy atom. The zero-order valence-corrected chi connectivity index (χ0v) is 7.82. The summed E-state index contributed by atoms with van der Waals surface area (Å²) in [7, 11) is 0. The molecule has 0 bridgehead atoms. The Labute approximate surface area is 76.8 Å². The standard InChI is InChI=1S/C9H13NO3/c1-5-6(2)9(12)10(8(5)11)3-7-4-13-7/h5-7H,3-4H2,1-2H3/t5?,6?,7-/m0/s1. The molecule has 2 aliphatic rings. The number of amides is 2. The molecular weight excluding hydrogens is 170 g/mol. The molecule has 13 heavy (non-hydrogen) atoms. The van der Waals surface area contributed by atoms with E-state index >= 15 is 0 Å². The largest absolute Gasteiger partial charge is 0.371 e. The van der Waals surface area contributed by atoms with Crippen LogP contribution in [0.25, 0.3) is 0 Å². The van der Waals surface area contributed by atoms with E-state index in [0.29, 0.717) is 13.2 Å². The first kappa shape index (κ1) is 8.69. The van der Waals surface area contributed by atoms with Crippen molar-refractivity contribution in [3.8, 4) is 0 Å². The van der Waals surface area contributed by atoms with Gasteiger partial charge in [0.25, 0.3) is 0 Å². The lowest BCUT2D eigenvalue weighted by Gasteiger charge is -2.11. The number of imide groups is 1. The molecule has 0 saturated carbocycles. The maximum atomic E-state index is 11.5. The Balaban J connectivity index is 2.08. The average Bonchev–Trinajstić information content (AvgIpc) is 2.89. The van der Waals surface area contributed by atoms with Gasteiger partial charge in [0, 0.05) is 11.8 Å². The molecule has 0 aromatic rings. The maximum absolute atomic E-state index is 11.5. The highest BCUT2D eigenvalue weighted by Gasteiger charge is 2.44. The summed E-state index contributed by atoms with van der Waals surface area (Å²) in [6.07, 6.45) is 0.102. The number of carbonyl (C=O) groups is 2. The van der Waals surface area contributed by atoms with E-state index in [2.05, 4.69) is 0 Å². The summed E-state index contributed by atoms with van der Waals surface area (Å²) in [5.74, 6) is -0.418. The van der Waals surface area contributed by atoms with Crippen molar-refractivity contribution < 1.29 is 14.3 Å². The van der Waals surface area contributed by atoms with Gasteiger partial charge in [0.15, 0.2) is 0 Å². The smallest absolute Gasteiger partial charge is 0.232 e. The summed E-state index contributed by atoms with van der Waals surface area (Å²) in [4.78, 5) is 24.4. The molecule has 0 aromatic carbocycles. The molecule has 2 heterocycles. The molecule has 0 N–H and O–H groups in total. The van der Waals surface area contributed by atoms with E-state index in [1.54, 1.807) is 13.8 Å². The fourth-order valence-electron chi connectivity index (χ4n) is 1.58. The SMILES string of the molecule is CC1C(=O)N(C[C@H]2CO2)C(=O)C1C. The number of likely N-dealkylation sites (tertiary alicyclic amines) is 1. The maximum Gasteiger partial charge on any atom is 0.232 e. The molecule has 2 rings (SSSR count). The van der Waals surface area contributed by atoms with Crippen LogP contribution in [0.5, 0.6) is 0 Å².